The van der Waals surface area contributed by atoms with Gasteiger partial charge in [0.2, 0.25) is 0 Å². The lowest BCUT2D eigenvalue weighted by atomic mass is 10.0. The van der Waals surface area contributed by atoms with Gasteiger partial charge in [0.25, 0.3) is 5.91 Å². The van der Waals surface area contributed by atoms with E-state index in [9.17, 15) is 4.79 Å². The molecule has 1 fully saturated rings. The molecule has 2 N–H and O–H groups in total. The standard InChI is InChI=1S/C24H23N3OS/c28-23(20-10-8-19(9-11-20)18-6-2-1-3-7-18)26-24(29)25-21-12-14-22(15-13-21)27-16-4-5-17-27/h1-3,6-15H,4-5,16-17H2,(H2,25,26,28,29). The van der Waals surface area contributed by atoms with Gasteiger partial charge in [0.1, 0.15) is 0 Å². The van der Waals surface area contributed by atoms with E-state index in [-0.39, 0.29) is 11.0 Å². The summed E-state index contributed by atoms with van der Waals surface area (Å²) >= 11 is 5.30. The van der Waals surface area contributed by atoms with E-state index in [2.05, 4.69) is 27.7 Å². The van der Waals surface area contributed by atoms with Crippen molar-refractivity contribution in [3.8, 4) is 11.1 Å². The van der Waals surface area contributed by atoms with Crippen LogP contribution in [0.2, 0.25) is 0 Å². The van der Waals surface area contributed by atoms with E-state index in [1.165, 1.54) is 18.5 Å². The summed E-state index contributed by atoms with van der Waals surface area (Å²) in [4.78, 5) is 14.9. The van der Waals surface area contributed by atoms with E-state index in [4.69, 9.17) is 12.2 Å². The van der Waals surface area contributed by atoms with Gasteiger partial charge in [0.15, 0.2) is 5.11 Å². The quantitative estimate of drug-likeness (QED) is 0.599. The molecule has 0 bridgehead atoms. The lowest BCUT2D eigenvalue weighted by Gasteiger charge is -2.18. The van der Waals surface area contributed by atoms with Crippen molar-refractivity contribution in [3.05, 3.63) is 84.4 Å². The highest BCUT2D eigenvalue weighted by molar-refractivity contribution is 7.80. The molecule has 0 spiro atoms. The fraction of sp³-hybridized carbons (Fsp3) is 0.167. The van der Waals surface area contributed by atoms with E-state index in [0.29, 0.717) is 5.56 Å². The van der Waals surface area contributed by atoms with Crippen LogP contribution in [0.25, 0.3) is 11.1 Å². The average Bonchev–Trinajstić information content (AvgIpc) is 3.30. The lowest BCUT2D eigenvalue weighted by molar-refractivity contribution is 0.0978. The van der Waals surface area contributed by atoms with Crippen LogP contribution in [0.5, 0.6) is 0 Å². The highest BCUT2D eigenvalue weighted by Crippen LogP contribution is 2.22. The number of anilines is 2. The molecule has 4 rings (SSSR count). The van der Waals surface area contributed by atoms with Gasteiger partial charge < -0.3 is 10.2 Å². The molecule has 3 aromatic carbocycles. The molecular formula is C24H23N3OS. The Morgan fingerprint density at radius 2 is 1.41 bits per heavy atom. The van der Waals surface area contributed by atoms with Crippen LogP contribution in [-0.2, 0) is 0 Å². The number of benzene rings is 3. The van der Waals surface area contributed by atoms with Gasteiger partial charge in [-0.25, -0.2) is 0 Å². The Morgan fingerprint density at radius 1 is 0.793 bits per heavy atom. The normalized spacial score (nSPS) is 13.2. The number of carbonyl (C=O) groups excluding carboxylic acids is 1. The Balaban J connectivity index is 1.34. The monoisotopic (exact) mass is 401 g/mol. The molecule has 0 saturated carbocycles. The van der Waals surface area contributed by atoms with Crippen LogP contribution in [0, 0.1) is 0 Å². The second-order valence-electron chi connectivity index (χ2n) is 7.09. The van der Waals surface area contributed by atoms with Gasteiger partial charge in [-0.2, -0.15) is 0 Å². The maximum atomic E-state index is 12.5. The van der Waals surface area contributed by atoms with Gasteiger partial charge in [-0.05, 0) is 72.6 Å². The topological polar surface area (TPSA) is 44.4 Å². The number of thiocarbonyl (C=S) groups is 1. The summed E-state index contributed by atoms with van der Waals surface area (Å²) in [7, 11) is 0. The predicted octanol–water partition coefficient (Wildman–Crippen LogP) is 5.08. The molecule has 0 aromatic heterocycles. The number of rotatable bonds is 4. The fourth-order valence-electron chi connectivity index (χ4n) is 3.51. The van der Waals surface area contributed by atoms with Crippen molar-refractivity contribution in [2.75, 3.05) is 23.3 Å². The largest absolute Gasteiger partial charge is 0.372 e. The molecule has 0 atom stereocenters. The van der Waals surface area contributed by atoms with Crippen molar-refractivity contribution in [3.63, 3.8) is 0 Å². The Bertz CT molecular complexity index is 979. The molecule has 146 valence electrons. The Kier molecular flexibility index (Phi) is 5.86. The number of hydrogen-bond acceptors (Lipinski definition) is 3. The number of hydrogen-bond donors (Lipinski definition) is 2. The van der Waals surface area contributed by atoms with Gasteiger partial charge in [-0.3, -0.25) is 10.1 Å². The van der Waals surface area contributed by atoms with Crippen molar-refractivity contribution in [1.29, 1.82) is 0 Å². The first-order valence-corrected chi connectivity index (χ1v) is 10.2. The molecule has 1 heterocycles. The zero-order valence-corrected chi connectivity index (χ0v) is 16.9. The maximum absolute atomic E-state index is 12.5. The summed E-state index contributed by atoms with van der Waals surface area (Å²) < 4.78 is 0. The Morgan fingerprint density at radius 3 is 2.07 bits per heavy atom. The minimum atomic E-state index is -0.226. The molecule has 1 aliphatic rings. The van der Waals surface area contributed by atoms with Crippen LogP contribution in [0.1, 0.15) is 23.2 Å². The molecule has 1 saturated heterocycles. The zero-order chi connectivity index (χ0) is 20.1. The van der Waals surface area contributed by atoms with E-state index in [1.807, 2.05) is 66.7 Å². The van der Waals surface area contributed by atoms with E-state index < -0.39 is 0 Å². The second-order valence-corrected chi connectivity index (χ2v) is 7.50. The number of nitrogens with zero attached hydrogens (tertiary/aromatic N) is 1. The third kappa shape index (κ3) is 4.81. The van der Waals surface area contributed by atoms with Crippen molar-refractivity contribution < 1.29 is 4.79 Å². The van der Waals surface area contributed by atoms with E-state index >= 15 is 0 Å². The molecular weight excluding hydrogens is 378 g/mol. The van der Waals surface area contributed by atoms with Gasteiger partial charge >= 0.3 is 0 Å². The van der Waals surface area contributed by atoms with E-state index in [1.54, 1.807) is 0 Å². The van der Waals surface area contributed by atoms with Crippen LogP contribution in [0.3, 0.4) is 0 Å². The number of carbonyl (C=O) groups is 1. The van der Waals surface area contributed by atoms with Crippen LogP contribution >= 0.6 is 12.2 Å². The third-order valence-electron chi connectivity index (χ3n) is 5.08. The maximum Gasteiger partial charge on any atom is 0.257 e. The van der Waals surface area contributed by atoms with Crippen LogP contribution in [-0.4, -0.2) is 24.1 Å². The molecule has 0 radical (unpaired) electrons. The van der Waals surface area contributed by atoms with Crippen LogP contribution in [0.4, 0.5) is 11.4 Å². The molecule has 0 unspecified atom stereocenters. The van der Waals surface area contributed by atoms with Crippen LogP contribution < -0.4 is 15.5 Å². The molecule has 3 aromatic rings. The van der Waals surface area contributed by atoms with Crippen molar-refractivity contribution in [2.24, 2.45) is 0 Å². The smallest absolute Gasteiger partial charge is 0.257 e. The minimum Gasteiger partial charge on any atom is -0.372 e. The fourth-order valence-corrected chi connectivity index (χ4v) is 3.72. The molecule has 4 nitrogen and oxygen atoms in total. The number of nitrogens with one attached hydrogen (secondary N) is 2. The molecule has 5 heteroatoms. The highest BCUT2D eigenvalue weighted by Gasteiger charge is 2.12. The SMILES string of the molecule is O=C(NC(=S)Nc1ccc(N2CCCC2)cc1)c1ccc(-c2ccccc2)cc1. The van der Waals surface area contributed by atoms with Gasteiger partial charge in [-0.1, -0.05) is 42.5 Å². The first kappa shape index (κ1) is 19.2. The number of amides is 1. The Hall–Kier alpha value is -3.18. The first-order valence-electron chi connectivity index (χ1n) is 9.82. The van der Waals surface area contributed by atoms with Crippen LogP contribution in [0.15, 0.2) is 78.9 Å². The first-order chi connectivity index (χ1) is 14.2. The Labute approximate surface area is 176 Å². The summed E-state index contributed by atoms with van der Waals surface area (Å²) in [5.74, 6) is -0.226. The summed E-state index contributed by atoms with van der Waals surface area (Å²) in [6, 6.07) is 25.7. The summed E-state index contributed by atoms with van der Waals surface area (Å²) in [5.41, 5.74) is 4.84. The molecule has 0 aliphatic carbocycles. The average molecular weight is 402 g/mol. The molecule has 1 amide bonds. The van der Waals surface area contributed by atoms with Crippen molar-refractivity contribution in [1.82, 2.24) is 5.32 Å². The summed E-state index contributed by atoms with van der Waals surface area (Å²) in [5, 5.41) is 6.11. The summed E-state index contributed by atoms with van der Waals surface area (Å²) in [6.45, 7) is 2.23. The predicted molar refractivity (Wildman–Crippen MR) is 123 cm³/mol. The molecule has 1 aliphatic heterocycles. The lowest BCUT2D eigenvalue weighted by Crippen LogP contribution is -2.34. The highest BCUT2D eigenvalue weighted by atomic mass is 32.1. The third-order valence-corrected chi connectivity index (χ3v) is 5.28. The van der Waals surface area contributed by atoms with Gasteiger partial charge in [0.05, 0.1) is 0 Å². The summed E-state index contributed by atoms with van der Waals surface area (Å²) in [6.07, 6.45) is 2.50. The minimum absolute atomic E-state index is 0.226. The van der Waals surface area contributed by atoms with E-state index in [0.717, 1.165) is 29.9 Å². The van der Waals surface area contributed by atoms with Gasteiger partial charge in [0, 0.05) is 30.0 Å². The van der Waals surface area contributed by atoms with Crippen molar-refractivity contribution in [2.45, 2.75) is 12.8 Å². The molecule has 29 heavy (non-hydrogen) atoms. The zero-order valence-electron chi connectivity index (χ0n) is 16.1. The van der Waals surface area contributed by atoms with Crippen molar-refractivity contribution >= 4 is 34.6 Å². The van der Waals surface area contributed by atoms with Gasteiger partial charge in [-0.15, -0.1) is 0 Å². The second kappa shape index (κ2) is 8.88.